The minimum absolute atomic E-state index is 0.00139. The van der Waals surface area contributed by atoms with E-state index in [1.54, 1.807) is 36.5 Å². The van der Waals surface area contributed by atoms with Gasteiger partial charge in [-0.15, -0.1) is 0 Å². The van der Waals surface area contributed by atoms with Crippen LogP contribution in [0.15, 0.2) is 47.4 Å². The van der Waals surface area contributed by atoms with Crippen LogP contribution in [0.4, 0.5) is 5.69 Å². The molecule has 1 aromatic carbocycles. The number of hydrogen-bond donors (Lipinski definition) is 1. The molecule has 1 N–H and O–H groups in total. The first-order chi connectivity index (χ1) is 9.95. The number of benzene rings is 1. The molecule has 5 nitrogen and oxygen atoms in total. The number of ketones is 1. The summed E-state index contributed by atoms with van der Waals surface area (Å²) >= 11 is 0. The van der Waals surface area contributed by atoms with Crippen molar-refractivity contribution in [3.63, 3.8) is 0 Å². The van der Waals surface area contributed by atoms with Gasteiger partial charge in [0.2, 0.25) is 5.91 Å². The van der Waals surface area contributed by atoms with E-state index >= 15 is 0 Å². The number of nitrogens with one attached hydrogen (secondary N) is 1. The summed E-state index contributed by atoms with van der Waals surface area (Å²) in [7, 11) is 0. The molecule has 0 saturated heterocycles. The lowest BCUT2D eigenvalue weighted by molar-refractivity contribution is -0.114. The maximum atomic E-state index is 12.1. The zero-order valence-corrected chi connectivity index (χ0v) is 11.9. The first kappa shape index (κ1) is 14.7. The third-order valence-corrected chi connectivity index (χ3v) is 2.99. The first-order valence-corrected chi connectivity index (χ1v) is 6.53. The Morgan fingerprint density at radius 3 is 2.38 bits per heavy atom. The van der Waals surface area contributed by atoms with Crippen LogP contribution in [0.3, 0.4) is 0 Å². The molecule has 1 heterocycles. The molecule has 21 heavy (non-hydrogen) atoms. The van der Waals surface area contributed by atoms with Crippen LogP contribution in [-0.2, 0) is 11.3 Å². The van der Waals surface area contributed by atoms with E-state index in [0.717, 1.165) is 5.56 Å². The van der Waals surface area contributed by atoms with Crippen molar-refractivity contribution in [2.75, 3.05) is 5.32 Å². The molecule has 0 radical (unpaired) electrons. The number of hydrogen-bond acceptors (Lipinski definition) is 3. The maximum absolute atomic E-state index is 12.1. The standard InChI is InChI=1S/C16H16N2O3/c1-11-7-8-18(16(21)9-11)10-15(20)13-3-5-14(6-4-13)17-12(2)19/h3-9H,10H2,1-2H3,(H,17,19). The summed E-state index contributed by atoms with van der Waals surface area (Å²) in [4.78, 5) is 34.8. The van der Waals surface area contributed by atoms with Gasteiger partial charge in [-0.25, -0.2) is 0 Å². The number of carbonyl (C=O) groups excluding carboxylic acids is 2. The third-order valence-electron chi connectivity index (χ3n) is 2.99. The second-order valence-corrected chi connectivity index (χ2v) is 4.85. The van der Waals surface area contributed by atoms with Gasteiger partial charge in [0.05, 0.1) is 6.54 Å². The molecule has 0 aliphatic carbocycles. The molecule has 1 amide bonds. The fourth-order valence-corrected chi connectivity index (χ4v) is 1.93. The summed E-state index contributed by atoms with van der Waals surface area (Å²) in [5, 5.41) is 2.63. The highest BCUT2D eigenvalue weighted by atomic mass is 16.1. The molecule has 0 fully saturated rings. The summed E-state index contributed by atoms with van der Waals surface area (Å²) < 4.78 is 1.37. The lowest BCUT2D eigenvalue weighted by Gasteiger charge is -2.06. The monoisotopic (exact) mass is 284 g/mol. The van der Waals surface area contributed by atoms with Crippen LogP contribution >= 0.6 is 0 Å². The van der Waals surface area contributed by atoms with Gasteiger partial charge in [0.25, 0.3) is 5.56 Å². The molecule has 108 valence electrons. The molecule has 0 atom stereocenters. The van der Waals surface area contributed by atoms with Gasteiger partial charge in [0.15, 0.2) is 5.78 Å². The molecule has 5 heteroatoms. The van der Waals surface area contributed by atoms with E-state index in [-0.39, 0.29) is 23.8 Å². The summed E-state index contributed by atoms with van der Waals surface area (Å²) in [6.07, 6.45) is 1.61. The molecule has 2 rings (SSSR count). The summed E-state index contributed by atoms with van der Waals surface area (Å²) in [6.45, 7) is 3.25. The number of amides is 1. The molecule has 0 spiro atoms. The highest BCUT2D eigenvalue weighted by Crippen LogP contribution is 2.10. The summed E-state index contributed by atoms with van der Waals surface area (Å²) in [5.74, 6) is -0.324. The van der Waals surface area contributed by atoms with Crippen LogP contribution in [0.5, 0.6) is 0 Å². The average molecular weight is 284 g/mol. The van der Waals surface area contributed by atoms with Crippen molar-refractivity contribution in [3.8, 4) is 0 Å². The van der Waals surface area contributed by atoms with Gasteiger partial charge in [-0.3, -0.25) is 14.4 Å². The van der Waals surface area contributed by atoms with Crippen molar-refractivity contribution in [2.45, 2.75) is 20.4 Å². The Labute approximate surface area is 122 Å². The van der Waals surface area contributed by atoms with Crippen molar-refractivity contribution < 1.29 is 9.59 Å². The van der Waals surface area contributed by atoms with Gasteiger partial charge in [-0.1, -0.05) is 0 Å². The van der Waals surface area contributed by atoms with Crippen LogP contribution in [0.2, 0.25) is 0 Å². The topological polar surface area (TPSA) is 68.2 Å². The number of aryl methyl sites for hydroxylation is 1. The van der Waals surface area contributed by atoms with Crippen molar-refractivity contribution in [2.24, 2.45) is 0 Å². The number of aromatic nitrogens is 1. The van der Waals surface area contributed by atoms with E-state index in [9.17, 15) is 14.4 Å². The second kappa shape index (κ2) is 6.17. The fourth-order valence-electron chi connectivity index (χ4n) is 1.93. The van der Waals surface area contributed by atoms with Crippen LogP contribution < -0.4 is 10.9 Å². The molecule has 0 aliphatic heterocycles. The van der Waals surface area contributed by atoms with E-state index in [1.807, 2.05) is 6.92 Å². The van der Waals surface area contributed by atoms with Gasteiger partial charge < -0.3 is 9.88 Å². The number of anilines is 1. The number of carbonyl (C=O) groups is 2. The van der Waals surface area contributed by atoms with Gasteiger partial charge in [0, 0.05) is 30.4 Å². The highest BCUT2D eigenvalue weighted by molar-refractivity contribution is 5.96. The predicted octanol–water partition coefficient (Wildman–Crippen LogP) is 2.00. The summed E-state index contributed by atoms with van der Waals surface area (Å²) in [6, 6.07) is 9.86. The van der Waals surface area contributed by atoms with Gasteiger partial charge in [-0.2, -0.15) is 0 Å². The molecule has 0 unspecified atom stereocenters. The second-order valence-electron chi connectivity index (χ2n) is 4.85. The lowest BCUT2D eigenvalue weighted by Crippen LogP contribution is -2.23. The van der Waals surface area contributed by atoms with Crippen LogP contribution in [0.25, 0.3) is 0 Å². The Kier molecular flexibility index (Phi) is 4.33. The Balaban J connectivity index is 2.13. The zero-order valence-electron chi connectivity index (χ0n) is 11.9. The highest BCUT2D eigenvalue weighted by Gasteiger charge is 2.08. The van der Waals surface area contributed by atoms with E-state index < -0.39 is 0 Å². The van der Waals surface area contributed by atoms with Gasteiger partial charge in [0.1, 0.15) is 0 Å². The minimum Gasteiger partial charge on any atom is -0.326 e. The molecule has 0 bridgehead atoms. The van der Waals surface area contributed by atoms with Crippen LogP contribution in [0, 0.1) is 6.92 Å². The van der Waals surface area contributed by atoms with Crippen LogP contribution in [-0.4, -0.2) is 16.3 Å². The zero-order chi connectivity index (χ0) is 15.4. The molecular formula is C16H16N2O3. The molecular weight excluding hydrogens is 268 g/mol. The summed E-state index contributed by atoms with van der Waals surface area (Å²) in [5.41, 5.74) is 1.80. The number of nitrogens with zero attached hydrogens (tertiary/aromatic N) is 1. The van der Waals surface area contributed by atoms with E-state index in [1.165, 1.54) is 17.6 Å². The Bertz CT molecular complexity index is 730. The van der Waals surface area contributed by atoms with Crippen LogP contribution in [0.1, 0.15) is 22.8 Å². The van der Waals surface area contributed by atoms with Crippen molar-refractivity contribution in [3.05, 3.63) is 64.1 Å². The molecule has 0 saturated carbocycles. The molecule has 2 aromatic rings. The van der Waals surface area contributed by atoms with Crippen molar-refractivity contribution >= 4 is 17.4 Å². The Hall–Kier alpha value is -2.69. The molecule has 0 aliphatic rings. The Morgan fingerprint density at radius 2 is 1.81 bits per heavy atom. The number of rotatable bonds is 4. The average Bonchev–Trinajstić information content (AvgIpc) is 2.42. The normalized spacial score (nSPS) is 10.2. The predicted molar refractivity (Wildman–Crippen MR) is 80.5 cm³/mol. The fraction of sp³-hybridized carbons (Fsp3) is 0.188. The van der Waals surface area contributed by atoms with E-state index in [2.05, 4.69) is 5.32 Å². The smallest absolute Gasteiger partial charge is 0.251 e. The first-order valence-electron chi connectivity index (χ1n) is 6.53. The minimum atomic E-state index is -0.196. The Morgan fingerprint density at radius 1 is 1.14 bits per heavy atom. The van der Waals surface area contributed by atoms with Gasteiger partial charge in [-0.05, 0) is 42.8 Å². The van der Waals surface area contributed by atoms with Crippen molar-refractivity contribution in [1.82, 2.24) is 4.57 Å². The molecule has 1 aromatic heterocycles. The number of Topliss-reactive ketones (excluding diaryl/α,β-unsaturated/α-hetero) is 1. The van der Waals surface area contributed by atoms with E-state index in [0.29, 0.717) is 11.3 Å². The quantitative estimate of drug-likeness (QED) is 0.873. The third kappa shape index (κ3) is 3.89. The largest absolute Gasteiger partial charge is 0.326 e. The van der Waals surface area contributed by atoms with Crippen molar-refractivity contribution in [1.29, 1.82) is 0 Å². The number of pyridine rings is 1. The van der Waals surface area contributed by atoms with Gasteiger partial charge >= 0.3 is 0 Å². The lowest BCUT2D eigenvalue weighted by atomic mass is 10.1. The van der Waals surface area contributed by atoms with E-state index in [4.69, 9.17) is 0 Å². The SMILES string of the molecule is CC(=O)Nc1ccc(C(=O)Cn2ccc(C)cc2=O)cc1. The maximum Gasteiger partial charge on any atom is 0.251 e.